The summed E-state index contributed by atoms with van der Waals surface area (Å²) in [6.45, 7) is 0. The highest BCUT2D eigenvalue weighted by Crippen LogP contribution is 2.38. The molecule has 8 aromatic rings. The van der Waals surface area contributed by atoms with E-state index in [1.807, 2.05) is 12.4 Å². The van der Waals surface area contributed by atoms with Crippen LogP contribution in [0.3, 0.4) is 0 Å². The second kappa shape index (κ2) is 11.0. The third kappa shape index (κ3) is 4.69. The van der Waals surface area contributed by atoms with E-state index in [4.69, 9.17) is 4.98 Å². The Morgan fingerprint density at radius 2 is 0.744 bits per heavy atom. The Kier molecular flexibility index (Phi) is 6.52. The van der Waals surface area contributed by atoms with Gasteiger partial charge in [0.2, 0.25) is 0 Å². The molecule has 0 N–H and O–H groups in total. The van der Waals surface area contributed by atoms with Crippen LogP contribution in [0.15, 0.2) is 170 Å². The fraction of sp³-hybridized carbons (Fsp3) is 0. The van der Waals surface area contributed by atoms with Crippen molar-refractivity contribution < 1.29 is 0 Å². The number of hydrogen-bond donors (Lipinski definition) is 0. The van der Waals surface area contributed by atoms with Gasteiger partial charge in [-0.25, -0.2) is 0 Å². The lowest BCUT2D eigenvalue weighted by molar-refractivity contribution is 1.35. The molecule has 0 saturated carbocycles. The van der Waals surface area contributed by atoms with Crippen molar-refractivity contribution in [2.24, 2.45) is 0 Å². The van der Waals surface area contributed by atoms with Crippen molar-refractivity contribution in [2.75, 3.05) is 0 Å². The molecule has 0 aliphatic carbocycles. The Bertz CT molecular complexity index is 2150. The van der Waals surface area contributed by atoms with Crippen LogP contribution in [-0.2, 0) is 0 Å². The van der Waals surface area contributed by atoms with Crippen LogP contribution in [0.25, 0.3) is 54.6 Å². The van der Waals surface area contributed by atoms with Gasteiger partial charge in [-0.1, -0.05) is 146 Å². The summed E-state index contributed by atoms with van der Waals surface area (Å²) in [4.78, 5) is 4.72. The summed E-state index contributed by atoms with van der Waals surface area (Å²) in [5, 5.41) is 11.7. The van der Waals surface area contributed by atoms with Gasteiger partial charge >= 0.3 is 0 Å². The van der Waals surface area contributed by atoms with Crippen molar-refractivity contribution in [3.63, 3.8) is 0 Å². The second-order valence-corrected chi connectivity index (χ2v) is 13.1. The fourth-order valence-corrected chi connectivity index (χ4v) is 8.54. The summed E-state index contributed by atoms with van der Waals surface area (Å²) in [7, 11) is -0.702. The summed E-state index contributed by atoms with van der Waals surface area (Å²) in [5.41, 5.74) is 4.75. The second-order valence-electron chi connectivity index (χ2n) is 10.9. The van der Waals surface area contributed by atoms with E-state index < -0.39 is 7.92 Å². The predicted octanol–water partition coefficient (Wildman–Crippen LogP) is 9.63. The van der Waals surface area contributed by atoms with Gasteiger partial charge in [0, 0.05) is 23.3 Å². The summed E-state index contributed by atoms with van der Waals surface area (Å²) in [6, 6.07) is 57.3. The molecule has 0 aliphatic heterocycles. The Hall–Kier alpha value is -5.10. The van der Waals surface area contributed by atoms with Crippen LogP contribution in [0.5, 0.6) is 0 Å². The van der Waals surface area contributed by atoms with Gasteiger partial charge < -0.3 is 0 Å². The molecule has 0 unspecified atom stereocenters. The van der Waals surface area contributed by atoms with Gasteiger partial charge in [-0.2, -0.15) is 0 Å². The van der Waals surface area contributed by atoms with Gasteiger partial charge in [-0.3, -0.25) is 4.98 Å². The smallest absolute Gasteiger partial charge is 0.0351 e. The normalized spacial score (nSPS) is 11.5. The minimum Gasteiger partial charge on any atom is -0.263 e. The minimum absolute atomic E-state index is 0.702. The predicted molar refractivity (Wildman–Crippen MR) is 186 cm³/mol. The van der Waals surface area contributed by atoms with Crippen molar-refractivity contribution in [2.45, 2.75) is 0 Å². The van der Waals surface area contributed by atoms with E-state index in [2.05, 4.69) is 158 Å². The van der Waals surface area contributed by atoms with E-state index in [0.717, 1.165) is 5.56 Å². The van der Waals surface area contributed by atoms with Gasteiger partial charge in [-0.15, -0.1) is 0 Å². The van der Waals surface area contributed by atoms with Crippen LogP contribution < -0.4 is 15.9 Å². The Balaban J connectivity index is 1.18. The van der Waals surface area contributed by atoms with Crippen molar-refractivity contribution in [3.8, 4) is 22.3 Å². The molecule has 7 aromatic carbocycles. The third-order valence-electron chi connectivity index (χ3n) is 8.31. The molecule has 202 valence electrons. The molecule has 0 saturated heterocycles. The number of aromatic nitrogens is 1. The van der Waals surface area contributed by atoms with Gasteiger partial charge in [-0.05, 0) is 79.7 Å². The number of benzene rings is 7. The molecule has 0 atom stereocenters. The molecule has 0 aliphatic rings. The number of fused-ring (bicyclic) bond motifs is 6. The lowest BCUT2D eigenvalue weighted by Crippen LogP contribution is -2.21. The molecular weight excluding hydrogens is 537 g/mol. The van der Waals surface area contributed by atoms with Crippen LogP contribution in [-0.4, -0.2) is 4.98 Å². The molecule has 43 heavy (non-hydrogen) atoms. The lowest BCUT2D eigenvalue weighted by atomic mass is 9.92. The number of nitrogens with zero attached hydrogens (tertiary/aromatic N) is 1. The van der Waals surface area contributed by atoms with Gasteiger partial charge in [0.25, 0.3) is 0 Å². The monoisotopic (exact) mass is 565 g/mol. The van der Waals surface area contributed by atoms with Crippen LogP contribution >= 0.6 is 7.92 Å². The summed E-state index contributed by atoms with van der Waals surface area (Å²) >= 11 is 0. The minimum atomic E-state index is -0.702. The lowest BCUT2D eigenvalue weighted by Gasteiger charge is -2.19. The van der Waals surface area contributed by atoms with E-state index in [-0.39, 0.29) is 0 Å². The van der Waals surface area contributed by atoms with Crippen molar-refractivity contribution in [1.29, 1.82) is 0 Å². The summed E-state index contributed by atoms with van der Waals surface area (Å²) in [6.07, 6.45) is 4.02. The van der Waals surface area contributed by atoms with Crippen LogP contribution in [0.2, 0.25) is 0 Å². The van der Waals surface area contributed by atoms with E-state index in [1.54, 1.807) is 0 Å². The summed E-state index contributed by atoms with van der Waals surface area (Å²) < 4.78 is 0. The zero-order chi connectivity index (χ0) is 28.6. The molecule has 1 heterocycles. The Morgan fingerprint density at radius 1 is 0.302 bits per heavy atom. The maximum atomic E-state index is 4.72. The van der Waals surface area contributed by atoms with Crippen LogP contribution in [0, 0.1) is 0 Å². The van der Waals surface area contributed by atoms with E-state index in [0.29, 0.717) is 0 Å². The molecule has 0 bridgehead atoms. The third-order valence-corrected chi connectivity index (χ3v) is 10.7. The molecular formula is C41H28NP. The maximum absolute atomic E-state index is 4.72. The van der Waals surface area contributed by atoms with E-state index >= 15 is 0 Å². The van der Waals surface area contributed by atoms with Gasteiger partial charge in [0.05, 0.1) is 0 Å². The number of pyridine rings is 1. The van der Waals surface area contributed by atoms with E-state index in [1.165, 1.54) is 64.9 Å². The van der Waals surface area contributed by atoms with Gasteiger partial charge in [0.15, 0.2) is 0 Å². The molecule has 1 nitrogen and oxygen atoms in total. The highest BCUT2D eigenvalue weighted by atomic mass is 31.1. The first-order chi connectivity index (χ1) is 21.3. The zero-order valence-electron chi connectivity index (χ0n) is 23.6. The average Bonchev–Trinajstić information content (AvgIpc) is 3.09. The van der Waals surface area contributed by atoms with Crippen molar-refractivity contribution >= 4 is 56.2 Å². The first-order valence-corrected chi connectivity index (χ1v) is 16.0. The quantitative estimate of drug-likeness (QED) is 0.150. The van der Waals surface area contributed by atoms with E-state index in [9.17, 15) is 0 Å². The van der Waals surface area contributed by atoms with Crippen molar-refractivity contribution in [3.05, 3.63) is 170 Å². The first-order valence-electron chi connectivity index (χ1n) is 14.6. The zero-order valence-corrected chi connectivity index (χ0v) is 24.5. The highest BCUT2D eigenvalue weighted by Gasteiger charge is 2.17. The maximum Gasteiger partial charge on any atom is 0.0351 e. The largest absolute Gasteiger partial charge is 0.263 e. The summed E-state index contributed by atoms with van der Waals surface area (Å²) in [5.74, 6) is 0. The molecule has 0 fully saturated rings. The SMILES string of the molecule is c1ccc(P(c2ccccc2)c2cncc(-c3ccc(-c4ccc5c6ccccc6c6ccccc6c5c4)cc3)c2)cc1. The van der Waals surface area contributed by atoms with Crippen LogP contribution in [0.4, 0.5) is 0 Å². The Morgan fingerprint density at radius 3 is 1.30 bits per heavy atom. The molecule has 0 amide bonds. The topological polar surface area (TPSA) is 12.9 Å². The molecule has 0 radical (unpaired) electrons. The average molecular weight is 566 g/mol. The van der Waals surface area contributed by atoms with Crippen molar-refractivity contribution in [1.82, 2.24) is 4.98 Å². The van der Waals surface area contributed by atoms with Gasteiger partial charge in [0.1, 0.15) is 0 Å². The number of hydrogen-bond acceptors (Lipinski definition) is 1. The molecule has 0 spiro atoms. The van der Waals surface area contributed by atoms with Crippen LogP contribution in [0.1, 0.15) is 0 Å². The number of rotatable bonds is 5. The molecule has 1 aromatic heterocycles. The fourth-order valence-electron chi connectivity index (χ4n) is 6.25. The Labute approximate surface area is 252 Å². The molecule has 2 heteroatoms. The standard InChI is InChI=1S/C41H28NP/c1-3-11-33(12-4-1)43(34-13-5-2-6-14-34)35-25-32(27-42-28-35)30-21-19-29(20-22-30)31-23-24-40-38-17-8-7-15-36(38)37-16-9-10-18-39(37)41(40)26-31/h1-28H. The highest BCUT2D eigenvalue weighted by molar-refractivity contribution is 7.79. The molecule has 8 rings (SSSR count). The first kappa shape index (κ1) is 25.6.